The molecule has 0 spiro atoms. The Bertz CT molecular complexity index is 472. The molecule has 6 heteroatoms. The first-order valence-corrected chi connectivity index (χ1v) is 7.96. The van der Waals surface area contributed by atoms with Crippen LogP contribution in [0.2, 0.25) is 0 Å². The molecule has 1 aromatic rings. The molecule has 0 atom stereocenters. The fourth-order valence-electron chi connectivity index (χ4n) is 3.24. The van der Waals surface area contributed by atoms with E-state index in [2.05, 4.69) is 27.3 Å². The molecule has 2 aliphatic rings. The molecule has 0 aromatic carbocycles. The number of piperazine rings is 1. The quantitative estimate of drug-likeness (QED) is 0.905. The average Bonchev–Trinajstić information content (AvgIpc) is 3.11. The van der Waals surface area contributed by atoms with Gasteiger partial charge >= 0.3 is 0 Å². The van der Waals surface area contributed by atoms with Crippen molar-refractivity contribution < 1.29 is 4.79 Å². The average molecular weight is 291 g/mol. The molecule has 116 valence electrons. The van der Waals surface area contributed by atoms with E-state index in [-0.39, 0.29) is 5.91 Å². The van der Waals surface area contributed by atoms with Crippen molar-refractivity contribution in [3.8, 4) is 0 Å². The van der Waals surface area contributed by atoms with Gasteiger partial charge in [0.1, 0.15) is 5.82 Å². The van der Waals surface area contributed by atoms with Crippen molar-refractivity contribution in [2.75, 3.05) is 45.1 Å². The van der Waals surface area contributed by atoms with Crippen LogP contribution in [0.5, 0.6) is 0 Å². The largest absolute Gasteiger partial charge is 0.310 e. The Morgan fingerprint density at radius 3 is 2.71 bits per heavy atom. The number of carbonyl (C=O) groups excluding carboxylic acids is 1. The molecule has 1 amide bonds. The summed E-state index contributed by atoms with van der Waals surface area (Å²) in [6.07, 6.45) is 6.65. The van der Waals surface area contributed by atoms with E-state index in [1.54, 1.807) is 6.20 Å². The minimum absolute atomic E-state index is 0.0688. The van der Waals surface area contributed by atoms with E-state index in [1.807, 2.05) is 10.7 Å². The first-order valence-electron chi connectivity index (χ1n) is 7.96. The van der Waals surface area contributed by atoms with Gasteiger partial charge in [-0.25, -0.2) is 4.68 Å². The number of carbonyl (C=O) groups is 1. The Morgan fingerprint density at radius 2 is 2.00 bits per heavy atom. The van der Waals surface area contributed by atoms with Crippen LogP contribution < -0.4 is 5.32 Å². The Balaban J connectivity index is 1.54. The first-order chi connectivity index (χ1) is 10.2. The smallest absolute Gasteiger partial charge is 0.239 e. The minimum atomic E-state index is 0.0688. The number of nitrogens with zero attached hydrogens (tertiary/aromatic N) is 4. The molecule has 1 saturated heterocycles. The molecule has 0 unspecified atom stereocenters. The van der Waals surface area contributed by atoms with Crippen molar-refractivity contribution in [2.45, 2.75) is 31.7 Å². The second-order valence-corrected chi connectivity index (χ2v) is 6.23. The van der Waals surface area contributed by atoms with Gasteiger partial charge in [-0.2, -0.15) is 5.10 Å². The normalized spacial score (nSPS) is 21.8. The van der Waals surface area contributed by atoms with Gasteiger partial charge in [-0.15, -0.1) is 0 Å². The minimum Gasteiger partial charge on any atom is -0.310 e. The van der Waals surface area contributed by atoms with E-state index in [9.17, 15) is 4.79 Å². The summed E-state index contributed by atoms with van der Waals surface area (Å²) in [4.78, 5) is 16.7. The van der Waals surface area contributed by atoms with Crippen molar-refractivity contribution in [3.05, 3.63) is 12.3 Å². The number of hydrogen-bond donors (Lipinski definition) is 1. The molecule has 6 nitrogen and oxygen atoms in total. The summed E-state index contributed by atoms with van der Waals surface area (Å²) in [5.41, 5.74) is 0. The lowest BCUT2D eigenvalue weighted by atomic mass is 10.2. The van der Waals surface area contributed by atoms with E-state index in [1.165, 1.54) is 25.7 Å². The third-order valence-electron chi connectivity index (χ3n) is 4.57. The summed E-state index contributed by atoms with van der Waals surface area (Å²) < 4.78 is 1.99. The third kappa shape index (κ3) is 3.63. The molecule has 2 heterocycles. The summed E-state index contributed by atoms with van der Waals surface area (Å²) in [6.45, 7) is 4.47. The number of hydrogen-bond acceptors (Lipinski definition) is 4. The van der Waals surface area contributed by atoms with Crippen LogP contribution in [-0.4, -0.2) is 65.3 Å². The lowest BCUT2D eigenvalue weighted by Gasteiger charge is -2.31. The van der Waals surface area contributed by atoms with Gasteiger partial charge in [0.2, 0.25) is 5.91 Å². The molecule has 3 rings (SSSR count). The number of likely N-dealkylation sites (N-methyl/N-ethyl adjacent to an activating group) is 1. The fraction of sp³-hybridized carbons (Fsp3) is 0.733. The second-order valence-electron chi connectivity index (χ2n) is 6.23. The summed E-state index contributed by atoms with van der Waals surface area (Å²) in [6, 6.07) is 2.36. The lowest BCUT2D eigenvalue weighted by Crippen LogP contribution is -2.47. The van der Waals surface area contributed by atoms with Gasteiger partial charge in [-0.3, -0.25) is 9.69 Å². The third-order valence-corrected chi connectivity index (χ3v) is 4.57. The summed E-state index contributed by atoms with van der Waals surface area (Å²) in [7, 11) is 2.12. The van der Waals surface area contributed by atoms with Crippen LogP contribution in [0.25, 0.3) is 0 Å². The monoisotopic (exact) mass is 291 g/mol. The topological polar surface area (TPSA) is 53.4 Å². The molecule has 21 heavy (non-hydrogen) atoms. The highest BCUT2D eigenvalue weighted by Crippen LogP contribution is 2.31. The number of rotatable bonds is 4. The molecular formula is C15H25N5O. The van der Waals surface area contributed by atoms with E-state index in [0.717, 1.165) is 32.0 Å². The summed E-state index contributed by atoms with van der Waals surface area (Å²) in [5, 5.41) is 7.42. The number of aromatic nitrogens is 2. The Labute approximate surface area is 126 Å². The zero-order valence-corrected chi connectivity index (χ0v) is 12.8. The van der Waals surface area contributed by atoms with Gasteiger partial charge in [0, 0.05) is 32.2 Å². The maximum Gasteiger partial charge on any atom is 0.239 e. The van der Waals surface area contributed by atoms with Crippen molar-refractivity contribution in [1.82, 2.24) is 19.6 Å². The second kappa shape index (κ2) is 6.58. The Morgan fingerprint density at radius 1 is 1.29 bits per heavy atom. The van der Waals surface area contributed by atoms with E-state index in [0.29, 0.717) is 12.6 Å². The highest BCUT2D eigenvalue weighted by Gasteiger charge is 2.21. The van der Waals surface area contributed by atoms with E-state index >= 15 is 0 Å². The zero-order chi connectivity index (χ0) is 14.7. The maximum absolute atomic E-state index is 12.2. The van der Waals surface area contributed by atoms with Crippen LogP contribution >= 0.6 is 0 Å². The molecular weight excluding hydrogens is 266 g/mol. The highest BCUT2D eigenvalue weighted by molar-refractivity contribution is 5.91. The fourth-order valence-corrected chi connectivity index (χ4v) is 3.24. The summed E-state index contributed by atoms with van der Waals surface area (Å²) >= 11 is 0. The highest BCUT2D eigenvalue weighted by atomic mass is 16.2. The number of nitrogens with one attached hydrogen (secondary N) is 1. The maximum atomic E-state index is 12.2. The zero-order valence-electron chi connectivity index (χ0n) is 12.8. The first kappa shape index (κ1) is 14.5. The molecule has 1 N–H and O–H groups in total. The molecule has 0 radical (unpaired) electrons. The van der Waals surface area contributed by atoms with Crippen molar-refractivity contribution in [2.24, 2.45) is 0 Å². The van der Waals surface area contributed by atoms with Gasteiger partial charge in [-0.05, 0) is 19.9 Å². The number of anilines is 1. The molecule has 1 saturated carbocycles. The van der Waals surface area contributed by atoms with Gasteiger partial charge in [-0.1, -0.05) is 12.8 Å². The van der Waals surface area contributed by atoms with Crippen molar-refractivity contribution >= 4 is 11.7 Å². The van der Waals surface area contributed by atoms with E-state index in [4.69, 9.17) is 0 Å². The van der Waals surface area contributed by atoms with Crippen LogP contribution in [0.4, 0.5) is 5.82 Å². The van der Waals surface area contributed by atoms with E-state index < -0.39 is 0 Å². The van der Waals surface area contributed by atoms with Gasteiger partial charge < -0.3 is 10.2 Å². The SMILES string of the molecule is CN1CCN(CC(=O)Nc2ccnn2C2CCCC2)CC1. The molecule has 1 aliphatic carbocycles. The number of amides is 1. The summed E-state index contributed by atoms with van der Waals surface area (Å²) in [5.74, 6) is 0.917. The van der Waals surface area contributed by atoms with Crippen LogP contribution in [0.1, 0.15) is 31.7 Å². The van der Waals surface area contributed by atoms with Crippen molar-refractivity contribution in [3.63, 3.8) is 0 Å². The van der Waals surface area contributed by atoms with Gasteiger partial charge in [0.15, 0.2) is 0 Å². The van der Waals surface area contributed by atoms with Gasteiger partial charge in [0.05, 0.1) is 18.8 Å². The van der Waals surface area contributed by atoms with Crippen LogP contribution in [0.3, 0.4) is 0 Å². The molecule has 0 bridgehead atoms. The predicted molar refractivity (Wildman–Crippen MR) is 82.3 cm³/mol. The standard InChI is InChI=1S/C15H25N5O/c1-18-8-10-19(11-9-18)12-15(21)17-14-6-7-16-20(14)13-4-2-3-5-13/h6-7,13H,2-5,8-12H2,1H3,(H,17,21). The van der Waals surface area contributed by atoms with Crippen LogP contribution in [0, 0.1) is 0 Å². The Hall–Kier alpha value is -1.40. The predicted octanol–water partition coefficient (Wildman–Crippen LogP) is 1.18. The van der Waals surface area contributed by atoms with Crippen LogP contribution in [-0.2, 0) is 4.79 Å². The van der Waals surface area contributed by atoms with Gasteiger partial charge in [0.25, 0.3) is 0 Å². The van der Waals surface area contributed by atoms with Crippen molar-refractivity contribution in [1.29, 1.82) is 0 Å². The molecule has 1 aliphatic heterocycles. The molecule has 1 aromatic heterocycles. The Kier molecular flexibility index (Phi) is 4.55. The lowest BCUT2D eigenvalue weighted by molar-refractivity contribution is -0.117. The molecule has 2 fully saturated rings. The van der Waals surface area contributed by atoms with Crippen LogP contribution in [0.15, 0.2) is 12.3 Å².